The number of benzene rings is 2. The molecule has 1 atom stereocenters. The van der Waals surface area contributed by atoms with E-state index in [0.29, 0.717) is 0 Å². The van der Waals surface area contributed by atoms with Gasteiger partial charge in [0.05, 0.1) is 0 Å². The minimum atomic E-state index is -0.586. The number of aliphatic hydroxyl groups is 1. The summed E-state index contributed by atoms with van der Waals surface area (Å²) in [4.78, 5) is 0. The minimum Gasteiger partial charge on any atom is -0.384 e. The molecule has 0 aliphatic heterocycles. The van der Waals surface area contributed by atoms with Crippen molar-refractivity contribution in [2.45, 2.75) is 13.0 Å². The van der Waals surface area contributed by atoms with E-state index >= 15 is 0 Å². The molecule has 0 spiro atoms. The third-order valence-corrected chi connectivity index (χ3v) is 3.04. The van der Waals surface area contributed by atoms with Crippen molar-refractivity contribution in [1.82, 2.24) is 0 Å². The lowest BCUT2D eigenvalue weighted by Crippen LogP contribution is -1.99. The Bertz CT molecular complexity index is 479. The summed E-state index contributed by atoms with van der Waals surface area (Å²) in [5.41, 5.74) is 2.74. The van der Waals surface area contributed by atoms with E-state index in [4.69, 9.17) is 11.6 Å². The highest BCUT2D eigenvalue weighted by atomic mass is 35.5. The predicted octanol–water partition coefficient (Wildman–Crippen LogP) is 3.73. The van der Waals surface area contributed by atoms with E-state index in [0.717, 1.165) is 21.7 Å². The molecule has 0 fully saturated rings. The van der Waals surface area contributed by atoms with Crippen molar-refractivity contribution in [2.75, 3.05) is 0 Å². The monoisotopic (exact) mass is 232 g/mol. The maximum absolute atomic E-state index is 10.2. The molecule has 0 saturated heterocycles. The van der Waals surface area contributed by atoms with Crippen LogP contribution >= 0.6 is 11.6 Å². The maximum atomic E-state index is 10.2. The van der Waals surface area contributed by atoms with Gasteiger partial charge in [0, 0.05) is 5.02 Å². The number of halogens is 1. The van der Waals surface area contributed by atoms with Crippen molar-refractivity contribution in [3.8, 4) is 0 Å². The van der Waals surface area contributed by atoms with E-state index in [2.05, 4.69) is 0 Å². The molecule has 2 rings (SSSR count). The lowest BCUT2D eigenvalue weighted by molar-refractivity contribution is 0.220. The summed E-state index contributed by atoms with van der Waals surface area (Å²) in [7, 11) is 0. The second-order valence-corrected chi connectivity index (χ2v) is 4.23. The van der Waals surface area contributed by atoms with Crippen LogP contribution in [-0.4, -0.2) is 5.11 Å². The second-order valence-electron chi connectivity index (χ2n) is 3.82. The fourth-order valence-corrected chi connectivity index (χ4v) is 1.78. The zero-order valence-electron chi connectivity index (χ0n) is 9.02. The van der Waals surface area contributed by atoms with Crippen LogP contribution in [-0.2, 0) is 0 Å². The highest BCUT2D eigenvalue weighted by Gasteiger charge is 2.10. The van der Waals surface area contributed by atoms with Crippen molar-refractivity contribution in [1.29, 1.82) is 0 Å². The molecule has 16 heavy (non-hydrogen) atoms. The first kappa shape index (κ1) is 11.2. The van der Waals surface area contributed by atoms with Gasteiger partial charge < -0.3 is 5.11 Å². The molecule has 1 unspecified atom stereocenters. The largest absolute Gasteiger partial charge is 0.384 e. The standard InChI is InChI=1S/C14H13ClO/c1-10-9-12(7-8-13(10)15)14(16)11-5-3-2-4-6-11/h2-9,14,16H,1H3. The number of hydrogen-bond acceptors (Lipinski definition) is 1. The van der Waals surface area contributed by atoms with E-state index < -0.39 is 6.10 Å². The Morgan fingerprint density at radius 3 is 2.31 bits per heavy atom. The summed E-state index contributed by atoms with van der Waals surface area (Å²) in [5.74, 6) is 0. The summed E-state index contributed by atoms with van der Waals surface area (Å²) in [6.07, 6.45) is -0.586. The average molecular weight is 233 g/mol. The van der Waals surface area contributed by atoms with Crippen LogP contribution in [0.25, 0.3) is 0 Å². The molecule has 2 aromatic rings. The van der Waals surface area contributed by atoms with Gasteiger partial charge in [-0.25, -0.2) is 0 Å². The summed E-state index contributed by atoms with van der Waals surface area (Å²) >= 11 is 5.95. The van der Waals surface area contributed by atoms with Crippen LogP contribution in [0.15, 0.2) is 48.5 Å². The van der Waals surface area contributed by atoms with Crippen molar-refractivity contribution >= 4 is 11.6 Å². The first-order valence-electron chi connectivity index (χ1n) is 5.17. The molecule has 82 valence electrons. The summed E-state index contributed by atoms with van der Waals surface area (Å²) in [6, 6.07) is 15.2. The zero-order chi connectivity index (χ0) is 11.5. The number of rotatable bonds is 2. The van der Waals surface area contributed by atoms with Gasteiger partial charge in [0.15, 0.2) is 0 Å². The fraction of sp³-hybridized carbons (Fsp3) is 0.143. The SMILES string of the molecule is Cc1cc(C(O)c2ccccc2)ccc1Cl. The summed E-state index contributed by atoms with van der Waals surface area (Å²) in [6.45, 7) is 1.93. The molecule has 0 radical (unpaired) electrons. The molecule has 0 aliphatic carbocycles. The predicted molar refractivity (Wildman–Crippen MR) is 66.7 cm³/mol. The number of aliphatic hydroxyl groups excluding tert-OH is 1. The van der Waals surface area contributed by atoms with Gasteiger partial charge in [0.2, 0.25) is 0 Å². The molecule has 0 amide bonds. The molecular formula is C14H13ClO. The Hall–Kier alpha value is -1.31. The maximum Gasteiger partial charge on any atom is 0.104 e. The second kappa shape index (κ2) is 4.69. The van der Waals surface area contributed by atoms with Gasteiger partial charge in [-0.1, -0.05) is 54.1 Å². The van der Waals surface area contributed by atoms with Crippen LogP contribution in [0.4, 0.5) is 0 Å². The summed E-state index contributed by atoms with van der Waals surface area (Å²) < 4.78 is 0. The first-order chi connectivity index (χ1) is 7.68. The van der Waals surface area contributed by atoms with Gasteiger partial charge in [-0.05, 0) is 29.7 Å². The Kier molecular flexibility index (Phi) is 3.28. The molecular weight excluding hydrogens is 220 g/mol. The molecule has 1 N–H and O–H groups in total. The Balaban J connectivity index is 2.34. The van der Waals surface area contributed by atoms with Gasteiger partial charge in [-0.15, -0.1) is 0 Å². The first-order valence-corrected chi connectivity index (χ1v) is 5.55. The Labute approximate surface area is 100 Å². The average Bonchev–Trinajstić information content (AvgIpc) is 2.33. The number of hydrogen-bond donors (Lipinski definition) is 1. The van der Waals surface area contributed by atoms with Crippen molar-refractivity contribution in [3.05, 3.63) is 70.2 Å². The van der Waals surface area contributed by atoms with E-state index in [-0.39, 0.29) is 0 Å². The van der Waals surface area contributed by atoms with Crippen LogP contribution in [0.3, 0.4) is 0 Å². The lowest BCUT2D eigenvalue weighted by Gasteiger charge is -2.12. The number of aryl methyl sites for hydroxylation is 1. The zero-order valence-corrected chi connectivity index (χ0v) is 9.78. The van der Waals surface area contributed by atoms with Gasteiger partial charge in [-0.2, -0.15) is 0 Å². The van der Waals surface area contributed by atoms with Crippen molar-refractivity contribution < 1.29 is 5.11 Å². The Morgan fingerprint density at radius 2 is 1.69 bits per heavy atom. The normalized spacial score (nSPS) is 12.4. The topological polar surface area (TPSA) is 20.2 Å². The van der Waals surface area contributed by atoms with E-state index in [9.17, 15) is 5.11 Å². The third kappa shape index (κ3) is 2.26. The van der Waals surface area contributed by atoms with E-state index in [1.54, 1.807) is 0 Å². The van der Waals surface area contributed by atoms with Crippen LogP contribution in [0.1, 0.15) is 22.8 Å². The minimum absolute atomic E-state index is 0.586. The molecule has 0 heterocycles. The van der Waals surface area contributed by atoms with Crippen LogP contribution < -0.4 is 0 Å². The van der Waals surface area contributed by atoms with Crippen molar-refractivity contribution in [2.24, 2.45) is 0 Å². The van der Waals surface area contributed by atoms with E-state index in [1.165, 1.54) is 0 Å². The fourth-order valence-electron chi connectivity index (χ4n) is 1.67. The quantitative estimate of drug-likeness (QED) is 0.837. The molecule has 2 heteroatoms. The molecule has 1 nitrogen and oxygen atoms in total. The lowest BCUT2D eigenvalue weighted by atomic mass is 10.0. The highest BCUT2D eigenvalue weighted by molar-refractivity contribution is 6.31. The summed E-state index contributed by atoms with van der Waals surface area (Å²) in [5, 5.41) is 10.9. The molecule has 0 saturated carbocycles. The Morgan fingerprint density at radius 1 is 1.00 bits per heavy atom. The van der Waals surface area contributed by atoms with Gasteiger partial charge >= 0.3 is 0 Å². The highest BCUT2D eigenvalue weighted by Crippen LogP contribution is 2.25. The molecule has 0 aromatic heterocycles. The van der Waals surface area contributed by atoms with Crippen LogP contribution in [0, 0.1) is 6.92 Å². The van der Waals surface area contributed by atoms with Gasteiger partial charge in [-0.3, -0.25) is 0 Å². The van der Waals surface area contributed by atoms with Gasteiger partial charge in [0.1, 0.15) is 6.10 Å². The van der Waals surface area contributed by atoms with Crippen LogP contribution in [0.5, 0.6) is 0 Å². The van der Waals surface area contributed by atoms with Crippen LogP contribution in [0.2, 0.25) is 5.02 Å². The molecule has 0 bridgehead atoms. The molecule has 2 aromatic carbocycles. The van der Waals surface area contributed by atoms with E-state index in [1.807, 2.05) is 55.5 Å². The molecule has 0 aliphatic rings. The smallest absolute Gasteiger partial charge is 0.104 e. The third-order valence-electron chi connectivity index (χ3n) is 2.61. The van der Waals surface area contributed by atoms with Crippen molar-refractivity contribution in [3.63, 3.8) is 0 Å². The van der Waals surface area contributed by atoms with Gasteiger partial charge in [0.25, 0.3) is 0 Å².